The summed E-state index contributed by atoms with van der Waals surface area (Å²) in [5.41, 5.74) is 1.78. The van der Waals surface area contributed by atoms with Gasteiger partial charge in [0.05, 0.1) is 18.4 Å². The number of carbonyl (C=O) groups is 2. The van der Waals surface area contributed by atoms with Crippen molar-refractivity contribution in [1.29, 1.82) is 0 Å². The number of hydrogen-bond acceptors (Lipinski definition) is 5. The van der Waals surface area contributed by atoms with Crippen LogP contribution < -0.4 is 5.32 Å². The maximum atomic E-state index is 12.1. The van der Waals surface area contributed by atoms with Gasteiger partial charge < -0.3 is 19.2 Å². The van der Waals surface area contributed by atoms with Gasteiger partial charge in [0.25, 0.3) is 5.91 Å². The average molecular weight is 331 g/mol. The van der Waals surface area contributed by atoms with Crippen molar-refractivity contribution in [1.82, 2.24) is 0 Å². The minimum atomic E-state index is -0.416. The molecule has 1 amide bonds. The first-order valence-electron chi connectivity index (χ1n) is 7.73. The van der Waals surface area contributed by atoms with Gasteiger partial charge in [-0.05, 0) is 49.6 Å². The van der Waals surface area contributed by atoms with E-state index in [1.807, 2.05) is 6.92 Å². The lowest BCUT2D eigenvalue weighted by Crippen LogP contribution is -2.13. The molecule has 0 aliphatic heterocycles. The van der Waals surface area contributed by atoms with Gasteiger partial charge in [-0.3, -0.25) is 4.79 Å². The molecule has 1 N–H and O–H groups in total. The first-order chi connectivity index (χ1) is 11.6. The van der Waals surface area contributed by atoms with E-state index < -0.39 is 5.97 Å². The van der Waals surface area contributed by atoms with Crippen LogP contribution in [0.15, 0.2) is 41.0 Å². The van der Waals surface area contributed by atoms with E-state index in [1.165, 1.54) is 6.26 Å². The molecule has 0 atom stereocenters. The summed E-state index contributed by atoms with van der Waals surface area (Å²) in [7, 11) is 1.64. The number of benzene rings is 1. The third-order valence-electron chi connectivity index (χ3n) is 3.44. The van der Waals surface area contributed by atoms with Gasteiger partial charge in [0.1, 0.15) is 0 Å². The lowest BCUT2D eigenvalue weighted by Gasteiger charge is -2.10. The second kappa shape index (κ2) is 8.88. The molecule has 24 heavy (non-hydrogen) atoms. The van der Waals surface area contributed by atoms with E-state index in [1.54, 1.807) is 37.4 Å². The molecule has 1 aromatic carbocycles. The van der Waals surface area contributed by atoms with Crippen molar-refractivity contribution in [2.75, 3.05) is 25.6 Å². The topological polar surface area (TPSA) is 77.8 Å². The van der Waals surface area contributed by atoms with Crippen LogP contribution >= 0.6 is 0 Å². The highest BCUT2D eigenvalue weighted by Gasteiger charge is 2.13. The lowest BCUT2D eigenvalue weighted by molar-refractivity contribution is 0.0489. The van der Waals surface area contributed by atoms with E-state index in [-0.39, 0.29) is 11.7 Å². The van der Waals surface area contributed by atoms with E-state index in [2.05, 4.69) is 5.32 Å². The molecule has 0 radical (unpaired) electrons. The Labute approximate surface area is 140 Å². The van der Waals surface area contributed by atoms with Crippen LogP contribution in [0.2, 0.25) is 0 Å². The Balaban J connectivity index is 1.97. The highest BCUT2D eigenvalue weighted by Crippen LogP contribution is 2.19. The fourth-order valence-corrected chi connectivity index (χ4v) is 2.07. The number of hydrogen-bond donors (Lipinski definition) is 1. The number of anilines is 1. The van der Waals surface area contributed by atoms with E-state index in [9.17, 15) is 9.59 Å². The van der Waals surface area contributed by atoms with Gasteiger partial charge in [-0.25, -0.2) is 4.79 Å². The van der Waals surface area contributed by atoms with Crippen LogP contribution in [0.5, 0.6) is 0 Å². The molecule has 0 saturated carbocycles. The number of rotatable bonds is 8. The minimum Gasteiger partial charge on any atom is -0.462 e. The van der Waals surface area contributed by atoms with Crippen molar-refractivity contribution in [3.63, 3.8) is 0 Å². The minimum absolute atomic E-state index is 0.209. The van der Waals surface area contributed by atoms with Crippen molar-refractivity contribution >= 4 is 17.6 Å². The molecule has 1 heterocycles. The third-order valence-corrected chi connectivity index (χ3v) is 3.44. The first kappa shape index (κ1) is 17.7. The van der Waals surface area contributed by atoms with E-state index in [0.29, 0.717) is 24.5 Å². The van der Waals surface area contributed by atoms with Crippen LogP contribution in [0.4, 0.5) is 5.69 Å². The third kappa shape index (κ3) is 4.96. The molecule has 0 saturated heterocycles. The molecule has 2 rings (SSSR count). The Hall–Kier alpha value is -2.60. The summed E-state index contributed by atoms with van der Waals surface area (Å²) < 4.78 is 15.2. The molecule has 6 nitrogen and oxygen atoms in total. The molecule has 0 unspecified atom stereocenters. The summed E-state index contributed by atoms with van der Waals surface area (Å²) >= 11 is 0. The Morgan fingerprint density at radius 2 is 1.96 bits per heavy atom. The second-order valence-electron chi connectivity index (χ2n) is 5.30. The molecule has 1 aromatic heterocycles. The van der Waals surface area contributed by atoms with Crippen LogP contribution in [0.25, 0.3) is 0 Å². The monoisotopic (exact) mass is 331 g/mol. The Bertz CT molecular complexity index is 679. The van der Waals surface area contributed by atoms with Crippen molar-refractivity contribution < 1.29 is 23.5 Å². The summed E-state index contributed by atoms with van der Waals surface area (Å²) in [6, 6.07) is 8.25. The van der Waals surface area contributed by atoms with Crippen LogP contribution in [0.3, 0.4) is 0 Å². The predicted molar refractivity (Wildman–Crippen MR) is 89.2 cm³/mol. The van der Waals surface area contributed by atoms with Gasteiger partial charge in [0.2, 0.25) is 0 Å². The van der Waals surface area contributed by atoms with Gasteiger partial charge in [-0.1, -0.05) is 6.07 Å². The van der Waals surface area contributed by atoms with Crippen molar-refractivity contribution in [2.24, 2.45) is 0 Å². The standard InChI is InChI=1S/C18H21NO5/c1-13-7-8-14(18(21)24-10-4-3-9-22-2)12-15(13)19-17(20)16-6-5-11-23-16/h5-8,11-12H,3-4,9-10H2,1-2H3,(H,19,20). The largest absolute Gasteiger partial charge is 0.462 e. The Kier molecular flexibility index (Phi) is 6.57. The predicted octanol–water partition coefficient (Wildman–Crippen LogP) is 3.42. The summed E-state index contributed by atoms with van der Waals surface area (Å²) in [5.74, 6) is -0.574. The molecule has 0 aliphatic rings. The summed E-state index contributed by atoms with van der Waals surface area (Å²) in [6.07, 6.45) is 3.01. The number of nitrogens with one attached hydrogen (secondary N) is 1. The zero-order valence-electron chi connectivity index (χ0n) is 13.8. The quantitative estimate of drug-likeness (QED) is 0.592. The average Bonchev–Trinajstić information content (AvgIpc) is 3.11. The maximum absolute atomic E-state index is 12.1. The number of amides is 1. The van der Waals surface area contributed by atoms with Crippen LogP contribution in [-0.4, -0.2) is 32.2 Å². The summed E-state index contributed by atoms with van der Waals surface area (Å²) in [4.78, 5) is 24.1. The molecule has 0 aliphatic carbocycles. The highest BCUT2D eigenvalue weighted by atomic mass is 16.5. The van der Waals surface area contributed by atoms with Crippen molar-refractivity contribution in [3.8, 4) is 0 Å². The molecule has 0 spiro atoms. The maximum Gasteiger partial charge on any atom is 0.338 e. The number of ether oxygens (including phenoxy) is 2. The summed E-state index contributed by atoms with van der Waals surface area (Å²) in [5, 5.41) is 2.73. The number of carbonyl (C=O) groups excluding carboxylic acids is 2. The number of esters is 1. The SMILES string of the molecule is COCCCCOC(=O)c1ccc(C)c(NC(=O)c2ccco2)c1. The summed E-state index contributed by atoms with van der Waals surface area (Å²) in [6.45, 7) is 2.83. The van der Waals surface area contributed by atoms with E-state index in [4.69, 9.17) is 13.9 Å². The first-order valence-corrected chi connectivity index (χ1v) is 7.73. The van der Waals surface area contributed by atoms with Gasteiger partial charge in [0, 0.05) is 19.4 Å². The van der Waals surface area contributed by atoms with Crippen molar-refractivity contribution in [3.05, 3.63) is 53.5 Å². The number of furan rings is 1. The van der Waals surface area contributed by atoms with E-state index in [0.717, 1.165) is 18.4 Å². The number of methoxy groups -OCH3 is 1. The normalized spacial score (nSPS) is 10.4. The molecule has 0 fully saturated rings. The van der Waals surface area contributed by atoms with Gasteiger partial charge in [0.15, 0.2) is 5.76 Å². The molecule has 128 valence electrons. The Morgan fingerprint density at radius 3 is 2.67 bits per heavy atom. The lowest BCUT2D eigenvalue weighted by atomic mass is 10.1. The number of aryl methyl sites for hydroxylation is 1. The zero-order valence-corrected chi connectivity index (χ0v) is 13.8. The van der Waals surface area contributed by atoms with Crippen LogP contribution in [0, 0.1) is 6.92 Å². The van der Waals surface area contributed by atoms with Crippen LogP contribution in [-0.2, 0) is 9.47 Å². The highest BCUT2D eigenvalue weighted by molar-refractivity contribution is 6.03. The van der Waals surface area contributed by atoms with Crippen LogP contribution in [0.1, 0.15) is 39.3 Å². The molecule has 2 aromatic rings. The van der Waals surface area contributed by atoms with Crippen molar-refractivity contribution in [2.45, 2.75) is 19.8 Å². The zero-order chi connectivity index (χ0) is 17.4. The van der Waals surface area contributed by atoms with Gasteiger partial charge in [-0.2, -0.15) is 0 Å². The Morgan fingerprint density at radius 1 is 1.17 bits per heavy atom. The fourth-order valence-electron chi connectivity index (χ4n) is 2.07. The fraction of sp³-hybridized carbons (Fsp3) is 0.333. The molecule has 6 heteroatoms. The number of unbranched alkanes of at least 4 members (excludes halogenated alkanes) is 1. The molecular weight excluding hydrogens is 310 g/mol. The van der Waals surface area contributed by atoms with Gasteiger partial charge in [-0.15, -0.1) is 0 Å². The molecular formula is C18H21NO5. The van der Waals surface area contributed by atoms with Gasteiger partial charge >= 0.3 is 5.97 Å². The van der Waals surface area contributed by atoms with E-state index >= 15 is 0 Å². The second-order valence-corrected chi connectivity index (χ2v) is 5.30. The molecule has 0 bridgehead atoms. The smallest absolute Gasteiger partial charge is 0.338 e.